The van der Waals surface area contributed by atoms with Crippen LogP contribution in [0, 0.1) is 0 Å². The third-order valence-electron chi connectivity index (χ3n) is 4.65. The van der Waals surface area contributed by atoms with Gasteiger partial charge >= 0.3 is 10.4 Å². The summed E-state index contributed by atoms with van der Waals surface area (Å²) in [6.07, 6.45) is 0.199. The first-order chi connectivity index (χ1) is 15.3. The molecule has 0 radical (unpaired) electrons. The van der Waals surface area contributed by atoms with Crippen LogP contribution in [0.2, 0.25) is 0 Å². The third kappa shape index (κ3) is 6.71. The van der Waals surface area contributed by atoms with Gasteiger partial charge in [-0.1, -0.05) is 19.6 Å². The average molecular weight is 512 g/mol. The highest BCUT2D eigenvalue weighted by atomic mass is 32.3. The Morgan fingerprint density at radius 3 is 2.15 bits per heavy atom. The molecule has 3 N–H and O–H groups in total. The minimum Gasteiger partial charge on any atom is -0.505 e. The fourth-order valence-corrected chi connectivity index (χ4v) is 3.96. The van der Waals surface area contributed by atoms with E-state index >= 15 is 0 Å². The van der Waals surface area contributed by atoms with Crippen molar-refractivity contribution >= 4 is 48.4 Å². The van der Waals surface area contributed by atoms with Crippen molar-refractivity contribution in [2.75, 3.05) is 25.6 Å². The predicted molar refractivity (Wildman–Crippen MR) is 128 cm³/mol. The Kier molecular flexibility index (Phi) is 8.34. The van der Waals surface area contributed by atoms with Gasteiger partial charge in [-0.3, -0.25) is 9.11 Å². The third-order valence-corrected chi connectivity index (χ3v) is 5.99. The van der Waals surface area contributed by atoms with E-state index in [9.17, 15) is 26.5 Å². The van der Waals surface area contributed by atoms with Crippen LogP contribution in [0.3, 0.4) is 0 Å². The van der Waals surface area contributed by atoms with Gasteiger partial charge in [-0.2, -0.15) is 21.9 Å². The molecule has 3 aromatic carbocycles. The molecule has 0 aliphatic heterocycles. The van der Waals surface area contributed by atoms with Crippen molar-refractivity contribution in [1.29, 1.82) is 0 Å². The second kappa shape index (κ2) is 10.4. The summed E-state index contributed by atoms with van der Waals surface area (Å²) in [5, 5.41) is 19.2. The average Bonchev–Trinajstić information content (AvgIpc) is 2.72. The maximum Gasteiger partial charge on any atom is 0.397 e. The van der Waals surface area contributed by atoms with Crippen molar-refractivity contribution in [1.82, 2.24) is 0 Å². The number of benzene rings is 3. The Balaban J connectivity index is 0.00000408. The van der Waals surface area contributed by atoms with E-state index in [0.717, 1.165) is 5.69 Å². The van der Waals surface area contributed by atoms with Gasteiger partial charge < -0.3 is 10.0 Å². The van der Waals surface area contributed by atoms with Crippen molar-refractivity contribution in [3.05, 3.63) is 54.1 Å². The van der Waals surface area contributed by atoms with Crippen LogP contribution >= 0.6 is 0 Å². The number of azo groups is 1. The van der Waals surface area contributed by atoms with Gasteiger partial charge in [0.25, 0.3) is 10.1 Å². The van der Waals surface area contributed by atoms with Crippen LogP contribution < -0.4 is 4.90 Å². The highest BCUT2D eigenvalue weighted by Crippen LogP contribution is 2.42. The van der Waals surface area contributed by atoms with Crippen molar-refractivity contribution in [3.8, 4) is 5.75 Å². The predicted octanol–water partition coefficient (Wildman–Crippen LogP) is 4.27. The number of phenols is 1. The largest absolute Gasteiger partial charge is 0.505 e. The molecule has 0 fully saturated rings. The fraction of sp³-hybridized carbons (Fsp3) is 0.238. The van der Waals surface area contributed by atoms with Crippen LogP contribution in [-0.2, 0) is 31.1 Å². The molecule has 0 aliphatic carbocycles. The highest BCUT2D eigenvalue weighted by molar-refractivity contribution is 7.86. The van der Waals surface area contributed by atoms with Gasteiger partial charge in [0.2, 0.25) is 0 Å². The number of aromatic hydroxyl groups is 1. The molecular weight excluding hydrogens is 486 g/mol. The van der Waals surface area contributed by atoms with Crippen LogP contribution in [-0.4, -0.2) is 51.7 Å². The zero-order valence-corrected chi connectivity index (χ0v) is 19.2. The molecule has 3 rings (SSSR count). The van der Waals surface area contributed by atoms with E-state index in [1.165, 1.54) is 18.2 Å². The molecule has 0 amide bonds. The molecule has 0 atom stereocenters. The lowest BCUT2D eigenvalue weighted by Gasteiger charge is -2.14. The Hall–Kier alpha value is -3.10. The first-order valence-corrected chi connectivity index (χ1v) is 12.2. The van der Waals surface area contributed by atoms with Crippen molar-refractivity contribution in [2.24, 2.45) is 10.2 Å². The normalized spacial score (nSPS) is 12.1. The monoisotopic (exact) mass is 511 g/mol. The lowest BCUT2D eigenvalue weighted by molar-refractivity contribution is 0.272. The first-order valence-electron chi connectivity index (χ1n) is 9.42. The minimum absolute atomic E-state index is 0. The van der Waals surface area contributed by atoms with Crippen molar-refractivity contribution in [3.63, 3.8) is 0 Å². The molecule has 11 nitrogen and oxygen atoms in total. The summed E-state index contributed by atoms with van der Waals surface area (Å²) >= 11 is 0. The molecule has 3 aromatic rings. The van der Waals surface area contributed by atoms with Crippen molar-refractivity contribution < 1.29 is 35.2 Å². The van der Waals surface area contributed by atoms with Gasteiger partial charge in [0.1, 0.15) is 10.6 Å². The number of phenolic OH excluding ortho intramolecular Hbond substituents is 1. The Bertz CT molecular complexity index is 1420. The van der Waals surface area contributed by atoms with Crippen LogP contribution in [0.15, 0.2) is 63.7 Å². The molecule has 0 aromatic heterocycles. The van der Waals surface area contributed by atoms with E-state index in [-0.39, 0.29) is 20.5 Å². The summed E-state index contributed by atoms with van der Waals surface area (Å²) in [5.41, 5.74) is 1.34. The number of hydrogen-bond donors (Lipinski definition) is 3. The quantitative estimate of drug-likeness (QED) is 0.295. The number of anilines is 1. The van der Waals surface area contributed by atoms with Crippen molar-refractivity contribution in [2.45, 2.75) is 18.7 Å². The summed E-state index contributed by atoms with van der Waals surface area (Å²) in [7, 11) is -5.63. The summed E-state index contributed by atoms with van der Waals surface area (Å²) in [6, 6.07) is 12.5. The summed E-state index contributed by atoms with van der Waals surface area (Å²) in [4.78, 5) is 1.21. The van der Waals surface area contributed by atoms with E-state index < -0.39 is 36.8 Å². The smallest absolute Gasteiger partial charge is 0.397 e. The van der Waals surface area contributed by atoms with Gasteiger partial charge in [-0.15, -0.1) is 5.11 Å². The lowest BCUT2D eigenvalue weighted by Crippen LogP contribution is -2.08. The molecule has 34 heavy (non-hydrogen) atoms. The minimum atomic E-state index is -4.72. The molecule has 0 saturated carbocycles. The number of nitrogens with zero attached hydrogens (tertiary/aromatic N) is 3. The number of hydrogen-bond acceptors (Lipinski definition) is 9. The summed E-state index contributed by atoms with van der Waals surface area (Å²) < 4.78 is 67.6. The molecular formula is C21H25N3O8S2. The number of rotatable bonds is 8. The molecule has 0 spiro atoms. The van der Waals surface area contributed by atoms with E-state index in [4.69, 9.17) is 4.55 Å². The standard InChI is InChI=1S/C20H21N3O8S2.CH4/c1-23(2)16-7-8-17-14(11-16)12-18(32(25,26)27)19(20(17)24)22-21-15-5-3-13(4-6-15)9-10-31-33(28,29)30;/h3-8,11-12,24H,9-10H2,1-2H3,(H,25,26,27)(H,28,29,30);1H4. The van der Waals surface area contributed by atoms with Gasteiger partial charge in [-0.05, 0) is 53.8 Å². The first kappa shape index (κ1) is 27.1. The molecule has 0 heterocycles. The Morgan fingerprint density at radius 2 is 1.59 bits per heavy atom. The topological polar surface area (TPSA) is 166 Å². The zero-order chi connectivity index (χ0) is 24.4. The lowest BCUT2D eigenvalue weighted by atomic mass is 10.1. The molecule has 184 valence electrons. The van der Waals surface area contributed by atoms with Gasteiger partial charge in [0.05, 0.1) is 12.3 Å². The second-order valence-electron chi connectivity index (χ2n) is 7.21. The van der Waals surface area contributed by atoms with Crippen LogP contribution in [0.25, 0.3) is 10.8 Å². The SMILES string of the molecule is C.CN(C)c1ccc2c(O)c(N=Nc3ccc(CCOS(=O)(=O)O)cc3)c(S(=O)(=O)O)cc2c1. The highest BCUT2D eigenvalue weighted by Gasteiger charge is 2.22. The fourth-order valence-electron chi connectivity index (χ4n) is 3.01. The second-order valence-corrected chi connectivity index (χ2v) is 9.69. The maximum atomic E-state index is 12.0. The van der Waals surface area contributed by atoms with E-state index in [0.29, 0.717) is 22.0 Å². The van der Waals surface area contributed by atoms with Crippen LogP contribution in [0.4, 0.5) is 17.1 Å². The number of fused-ring (bicyclic) bond motifs is 1. The maximum absolute atomic E-state index is 12.0. The van der Waals surface area contributed by atoms with Crippen LogP contribution in [0.1, 0.15) is 13.0 Å². The van der Waals surface area contributed by atoms with Crippen LogP contribution in [0.5, 0.6) is 5.75 Å². The molecule has 0 aliphatic rings. The van der Waals surface area contributed by atoms with E-state index in [1.807, 2.05) is 0 Å². The van der Waals surface area contributed by atoms with Gasteiger partial charge in [0.15, 0.2) is 5.75 Å². The molecule has 0 saturated heterocycles. The zero-order valence-electron chi connectivity index (χ0n) is 17.6. The molecule has 0 unspecified atom stereocenters. The Labute approximate surface area is 198 Å². The molecule has 13 heteroatoms. The van der Waals surface area contributed by atoms with Gasteiger partial charge in [-0.25, -0.2) is 4.18 Å². The van der Waals surface area contributed by atoms with Gasteiger partial charge in [0, 0.05) is 25.2 Å². The Morgan fingerprint density at radius 1 is 0.941 bits per heavy atom. The molecule has 0 bridgehead atoms. The van der Waals surface area contributed by atoms with E-state index in [2.05, 4.69) is 14.4 Å². The summed E-state index contributed by atoms with van der Waals surface area (Å²) in [5.74, 6) is -0.451. The summed E-state index contributed by atoms with van der Waals surface area (Å²) in [6.45, 7) is -0.252. The van der Waals surface area contributed by atoms with E-state index in [1.54, 1.807) is 49.3 Å².